The Kier molecular flexibility index (Phi) is 4.97. The molecule has 0 amide bonds. The van der Waals surface area contributed by atoms with E-state index in [4.69, 9.17) is 19.5 Å². The molecule has 1 atom stereocenters. The molecule has 20 heavy (non-hydrogen) atoms. The van der Waals surface area contributed by atoms with E-state index in [1.807, 2.05) is 6.07 Å². The summed E-state index contributed by atoms with van der Waals surface area (Å²) in [6, 6.07) is 6.71. The number of ether oxygens (including phenoxy) is 3. The van der Waals surface area contributed by atoms with Gasteiger partial charge in [0, 0.05) is 19.1 Å². The van der Waals surface area contributed by atoms with Crippen molar-refractivity contribution in [2.45, 2.75) is 31.8 Å². The molecule has 5 nitrogen and oxygen atoms in total. The number of hydrogen-bond acceptors (Lipinski definition) is 5. The van der Waals surface area contributed by atoms with E-state index in [-0.39, 0.29) is 12.1 Å². The summed E-state index contributed by atoms with van der Waals surface area (Å²) in [5.41, 5.74) is 0.459. The molecule has 1 aliphatic rings. The number of benzene rings is 1. The number of carbonyl (C=O) groups is 1. The molecule has 1 saturated heterocycles. The predicted octanol–water partition coefficient (Wildman–Crippen LogP) is 2.43. The largest absolute Gasteiger partial charge is 0.493 e. The van der Waals surface area contributed by atoms with Crippen LogP contribution in [0.25, 0.3) is 0 Å². The minimum Gasteiger partial charge on any atom is -0.493 e. The van der Waals surface area contributed by atoms with Crippen molar-refractivity contribution in [1.29, 1.82) is 5.26 Å². The molecule has 0 spiro atoms. The Bertz CT molecular complexity index is 515. The van der Waals surface area contributed by atoms with Gasteiger partial charge in [0.2, 0.25) is 0 Å². The Morgan fingerprint density at radius 3 is 3.00 bits per heavy atom. The summed E-state index contributed by atoms with van der Waals surface area (Å²) in [5.74, 6) is 0.405. The van der Waals surface area contributed by atoms with Gasteiger partial charge in [0.15, 0.2) is 11.5 Å². The van der Waals surface area contributed by atoms with Gasteiger partial charge < -0.3 is 14.2 Å². The molecule has 5 heteroatoms. The molecule has 1 heterocycles. The van der Waals surface area contributed by atoms with Gasteiger partial charge in [-0.1, -0.05) is 0 Å². The third-order valence-corrected chi connectivity index (χ3v) is 3.21. The van der Waals surface area contributed by atoms with Crippen molar-refractivity contribution in [2.24, 2.45) is 0 Å². The second kappa shape index (κ2) is 6.92. The number of carbonyl (C=O) groups excluding carboxylic acids is 1. The Hall–Kier alpha value is -2.06. The van der Waals surface area contributed by atoms with E-state index in [0.717, 1.165) is 19.4 Å². The third kappa shape index (κ3) is 3.72. The molecule has 0 aliphatic carbocycles. The van der Waals surface area contributed by atoms with Crippen molar-refractivity contribution in [2.75, 3.05) is 13.7 Å². The second-order valence-corrected chi connectivity index (χ2v) is 4.63. The fourth-order valence-electron chi connectivity index (χ4n) is 2.15. The second-order valence-electron chi connectivity index (χ2n) is 4.63. The van der Waals surface area contributed by atoms with Gasteiger partial charge in [-0.15, -0.1) is 0 Å². The highest BCUT2D eigenvalue weighted by Gasteiger charge is 2.18. The molecule has 0 N–H and O–H groups in total. The summed E-state index contributed by atoms with van der Waals surface area (Å²) in [5, 5.41) is 8.81. The van der Waals surface area contributed by atoms with Crippen LogP contribution in [-0.4, -0.2) is 25.8 Å². The minimum atomic E-state index is -0.316. The van der Waals surface area contributed by atoms with Crippen molar-refractivity contribution in [3.63, 3.8) is 0 Å². The maximum Gasteiger partial charge on any atom is 0.311 e. The fourth-order valence-corrected chi connectivity index (χ4v) is 2.15. The van der Waals surface area contributed by atoms with Crippen LogP contribution in [0.5, 0.6) is 11.5 Å². The maximum atomic E-state index is 11.8. The van der Waals surface area contributed by atoms with Gasteiger partial charge >= 0.3 is 5.97 Å². The smallest absolute Gasteiger partial charge is 0.311 e. The molecule has 0 radical (unpaired) electrons. The zero-order valence-electron chi connectivity index (χ0n) is 11.4. The first-order valence-electron chi connectivity index (χ1n) is 6.63. The average Bonchev–Trinajstić information content (AvgIpc) is 2.99. The minimum absolute atomic E-state index is 0.172. The van der Waals surface area contributed by atoms with Gasteiger partial charge in [-0.3, -0.25) is 4.79 Å². The zero-order valence-corrected chi connectivity index (χ0v) is 11.4. The molecule has 2 rings (SSSR count). The monoisotopic (exact) mass is 275 g/mol. The Balaban J connectivity index is 1.91. The van der Waals surface area contributed by atoms with Crippen LogP contribution in [-0.2, 0) is 9.53 Å². The van der Waals surface area contributed by atoms with Crippen LogP contribution in [0, 0.1) is 11.3 Å². The lowest BCUT2D eigenvalue weighted by atomic mass is 10.1. The summed E-state index contributed by atoms with van der Waals surface area (Å²) in [7, 11) is 1.47. The highest BCUT2D eigenvalue weighted by atomic mass is 16.6. The molecule has 1 unspecified atom stereocenters. The van der Waals surface area contributed by atoms with Crippen LogP contribution in [0.4, 0.5) is 0 Å². The van der Waals surface area contributed by atoms with E-state index in [0.29, 0.717) is 29.9 Å². The van der Waals surface area contributed by atoms with Gasteiger partial charge in [-0.05, 0) is 31.4 Å². The van der Waals surface area contributed by atoms with Crippen LogP contribution in [0.1, 0.15) is 31.2 Å². The summed E-state index contributed by atoms with van der Waals surface area (Å²) in [4.78, 5) is 11.8. The van der Waals surface area contributed by atoms with Gasteiger partial charge in [-0.2, -0.15) is 5.26 Å². The normalized spacial score (nSPS) is 17.5. The topological polar surface area (TPSA) is 68.5 Å². The van der Waals surface area contributed by atoms with Gasteiger partial charge in [0.1, 0.15) is 0 Å². The lowest BCUT2D eigenvalue weighted by Gasteiger charge is -2.11. The van der Waals surface area contributed by atoms with Gasteiger partial charge in [-0.25, -0.2) is 0 Å². The van der Waals surface area contributed by atoms with Crippen LogP contribution in [0.3, 0.4) is 0 Å². The van der Waals surface area contributed by atoms with Crippen molar-refractivity contribution in [3.05, 3.63) is 23.8 Å². The highest BCUT2D eigenvalue weighted by Crippen LogP contribution is 2.28. The molecular formula is C15H17NO4. The summed E-state index contributed by atoms with van der Waals surface area (Å²) < 4.78 is 15.8. The lowest BCUT2D eigenvalue weighted by Crippen LogP contribution is -2.13. The van der Waals surface area contributed by atoms with Crippen LogP contribution in [0.2, 0.25) is 0 Å². The van der Waals surface area contributed by atoms with E-state index < -0.39 is 0 Å². The van der Waals surface area contributed by atoms with Crippen LogP contribution < -0.4 is 9.47 Å². The first-order chi connectivity index (χ1) is 9.72. The fraction of sp³-hybridized carbons (Fsp3) is 0.467. The summed E-state index contributed by atoms with van der Waals surface area (Å²) >= 11 is 0. The highest BCUT2D eigenvalue weighted by molar-refractivity contribution is 5.73. The molecule has 106 valence electrons. The Morgan fingerprint density at radius 1 is 1.50 bits per heavy atom. The van der Waals surface area contributed by atoms with Crippen LogP contribution >= 0.6 is 0 Å². The zero-order chi connectivity index (χ0) is 14.4. The first kappa shape index (κ1) is 14.4. The molecular weight excluding hydrogens is 258 g/mol. The van der Waals surface area contributed by atoms with E-state index in [9.17, 15) is 4.79 Å². The Morgan fingerprint density at radius 2 is 2.35 bits per heavy atom. The molecule has 1 aromatic rings. The van der Waals surface area contributed by atoms with E-state index in [1.165, 1.54) is 7.11 Å². The molecule has 0 aromatic heterocycles. The molecule has 1 fully saturated rings. The number of nitrogens with zero attached hydrogens (tertiary/aromatic N) is 1. The van der Waals surface area contributed by atoms with E-state index in [2.05, 4.69) is 0 Å². The lowest BCUT2D eigenvalue weighted by molar-refractivity contribution is -0.135. The van der Waals surface area contributed by atoms with Crippen molar-refractivity contribution in [3.8, 4) is 17.6 Å². The van der Waals surface area contributed by atoms with Crippen molar-refractivity contribution < 1.29 is 19.0 Å². The predicted molar refractivity (Wildman–Crippen MR) is 71.6 cm³/mol. The van der Waals surface area contributed by atoms with Gasteiger partial charge in [0.25, 0.3) is 0 Å². The third-order valence-electron chi connectivity index (χ3n) is 3.21. The SMILES string of the molecule is COc1cc(C#N)ccc1OC(=O)CCC1CCCO1. The van der Waals surface area contributed by atoms with E-state index in [1.54, 1.807) is 18.2 Å². The Labute approximate surface area is 118 Å². The number of methoxy groups -OCH3 is 1. The molecule has 1 aliphatic heterocycles. The number of hydrogen-bond donors (Lipinski definition) is 0. The maximum absolute atomic E-state index is 11.8. The molecule has 0 bridgehead atoms. The standard InChI is InChI=1S/C15H17NO4/c1-18-14-9-11(10-16)4-6-13(14)20-15(17)7-5-12-3-2-8-19-12/h4,6,9,12H,2-3,5,7-8H2,1H3. The summed E-state index contributed by atoms with van der Waals surface area (Å²) in [6.45, 7) is 0.781. The van der Waals surface area contributed by atoms with Crippen molar-refractivity contribution in [1.82, 2.24) is 0 Å². The number of rotatable bonds is 5. The quantitative estimate of drug-likeness (QED) is 0.609. The first-order valence-corrected chi connectivity index (χ1v) is 6.63. The number of nitriles is 1. The van der Waals surface area contributed by atoms with E-state index >= 15 is 0 Å². The average molecular weight is 275 g/mol. The molecule has 1 aromatic carbocycles. The van der Waals surface area contributed by atoms with Crippen molar-refractivity contribution >= 4 is 5.97 Å². The van der Waals surface area contributed by atoms with Gasteiger partial charge in [0.05, 0.1) is 24.8 Å². The van der Waals surface area contributed by atoms with Crippen LogP contribution in [0.15, 0.2) is 18.2 Å². The molecule has 0 saturated carbocycles. The summed E-state index contributed by atoms with van der Waals surface area (Å²) in [6.07, 6.45) is 3.23. The number of esters is 1.